The molecule has 0 amide bonds. The van der Waals surface area contributed by atoms with E-state index in [0.29, 0.717) is 30.7 Å². The zero-order chi connectivity index (χ0) is 13.1. The Bertz CT molecular complexity index is 590. The number of fused-ring (bicyclic) bond motifs is 1. The van der Waals surface area contributed by atoms with Crippen LogP contribution >= 0.6 is 0 Å². The summed E-state index contributed by atoms with van der Waals surface area (Å²) >= 11 is 0. The molecule has 1 unspecified atom stereocenters. The minimum atomic E-state index is -0.240. The van der Waals surface area contributed by atoms with Gasteiger partial charge in [0.15, 0.2) is 5.65 Å². The second-order valence-corrected chi connectivity index (χ2v) is 3.90. The summed E-state index contributed by atoms with van der Waals surface area (Å²) in [5, 5.41) is 12.3. The monoisotopic (exact) mass is 252 g/mol. The average molecular weight is 252 g/mol. The van der Waals surface area contributed by atoms with Crippen LogP contribution < -0.4 is 11.3 Å². The number of hydrogen-bond acceptors (Lipinski definition) is 6. The van der Waals surface area contributed by atoms with Crippen molar-refractivity contribution in [3.05, 3.63) is 16.6 Å². The SMILES string of the molecule is CCOC(CN)Cn1nnc2c(cnn2C)c1=O. The van der Waals surface area contributed by atoms with Gasteiger partial charge in [0.25, 0.3) is 5.56 Å². The standard InChI is InChI=1S/C10H16N6O2/c1-3-18-7(4-11)6-16-10(17)8-5-12-15(2)9(8)13-14-16/h5,7H,3-4,6,11H2,1-2H3. The van der Waals surface area contributed by atoms with Gasteiger partial charge in [-0.25, -0.2) is 9.36 Å². The van der Waals surface area contributed by atoms with Crippen molar-refractivity contribution < 1.29 is 4.74 Å². The summed E-state index contributed by atoms with van der Waals surface area (Å²) in [5.74, 6) is 0. The Morgan fingerprint density at radius 2 is 2.33 bits per heavy atom. The number of hydrogen-bond donors (Lipinski definition) is 1. The van der Waals surface area contributed by atoms with Gasteiger partial charge in [0.2, 0.25) is 0 Å². The van der Waals surface area contributed by atoms with Crippen LogP contribution in [0.1, 0.15) is 6.92 Å². The Morgan fingerprint density at radius 1 is 1.56 bits per heavy atom. The molecule has 0 radical (unpaired) electrons. The maximum absolute atomic E-state index is 12.1. The third-order valence-electron chi connectivity index (χ3n) is 2.66. The fraction of sp³-hybridized carbons (Fsp3) is 0.600. The molecule has 2 rings (SSSR count). The Morgan fingerprint density at radius 3 is 3.00 bits per heavy atom. The molecule has 1 atom stereocenters. The van der Waals surface area contributed by atoms with Crippen molar-refractivity contribution in [1.82, 2.24) is 24.8 Å². The molecule has 0 bridgehead atoms. The van der Waals surface area contributed by atoms with E-state index < -0.39 is 0 Å². The zero-order valence-corrected chi connectivity index (χ0v) is 10.4. The van der Waals surface area contributed by atoms with Crippen molar-refractivity contribution in [1.29, 1.82) is 0 Å². The normalized spacial score (nSPS) is 13.1. The molecular formula is C10H16N6O2. The number of aromatic nitrogens is 5. The molecule has 0 aliphatic carbocycles. The molecule has 0 spiro atoms. The van der Waals surface area contributed by atoms with Crippen molar-refractivity contribution in [2.24, 2.45) is 12.8 Å². The summed E-state index contributed by atoms with van der Waals surface area (Å²) in [5.41, 5.74) is 5.81. The Balaban J connectivity index is 2.34. The Kier molecular flexibility index (Phi) is 3.68. The molecule has 2 aromatic rings. The Hall–Kier alpha value is -1.80. The van der Waals surface area contributed by atoms with Gasteiger partial charge >= 0.3 is 0 Å². The van der Waals surface area contributed by atoms with Crippen LogP contribution in [-0.2, 0) is 18.3 Å². The van der Waals surface area contributed by atoms with Crippen LogP contribution in [0.4, 0.5) is 0 Å². The van der Waals surface area contributed by atoms with Gasteiger partial charge in [0.05, 0.1) is 18.8 Å². The van der Waals surface area contributed by atoms with Crippen LogP contribution in [0.3, 0.4) is 0 Å². The highest BCUT2D eigenvalue weighted by Crippen LogP contribution is 2.02. The van der Waals surface area contributed by atoms with Gasteiger partial charge in [-0.3, -0.25) is 4.79 Å². The largest absolute Gasteiger partial charge is 0.375 e. The van der Waals surface area contributed by atoms with Crippen molar-refractivity contribution >= 4 is 11.0 Å². The zero-order valence-electron chi connectivity index (χ0n) is 10.4. The highest BCUT2D eigenvalue weighted by atomic mass is 16.5. The van der Waals surface area contributed by atoms with Gasteiger partial charge in [-0.2, -0.15) is 5.10 Å². The van der Waals surface area contributed by atoms with E-state index in [1.165, 1.54) is 15.6 Å². The van der Waals surface area contributed by atoms with Gasteiger partial charge in [0.1, 0.15) is 5.39 Å². The van der Waals surface area contributed by atoms with E-state index in [9.17, 15) is 4.79 Å². The number of nitrogens with two attached hydrogens (primary N) is 1. The summed E-state index contributed by atoms with van der Waals surface area (Å²) in [6, 6.07) is 0. The lowest BCUT2D eigenvalue weighted by Crippen LogP contribution is -2.35. The van der Waals surface area contributed by atoms with E-state index in [-0.39, 0.29) is 11.7 Å². The smallest absolute Gasteiger partial charge is 0.280 e. The van der Waals surface area contributed by atoms with Gasteiger partial charge in [-0.15, -0.1) is 5.10 Å². The molecule has 0 saturated carbocycles. The van der Waals surface area contributed by atoms with Crippen LogP contribution in [0.2, 0.25) is 0 Å². The van der Waals surface area contributed by atoms with Crippen LogP contribution in [0.5, 0.6) is 0 Å². The van der Waals surface area contributed by atoms with Crippen molar-refractivity contribution in [3.8, 4) is 0 Å². The molecule has 0 fully saturated rings. The Labute approximate surface area is 103 Å². The molecule has 0 aromatic carbocycles. The summed E-state index contributed by atoms with van der Waals surface area (Å²) in [4.78, 5) is 12.1. The van der Waals surface area contributed by atoms with Gasteiger partial charge < -0.3 is 10.5 Å². The maximum atomic E-state index is 12.1. The summed E-state index contributed by atoms with van der Waals surface area (Å²) in [7, 11) is 1.71. The highest BCUT2D eigenvalue weighted by molar-refractivity contribution is 5.72. The molecule has 0 aliphatic rings. The van der Waals surface area contributed by atoms with E-state index in [2.05, 4.69) is 15.4 Å². The van der Waals surface area contributed by atoms with E-state index in [1.54, 1.807) is 7.05 Å². The average Bonchev–Trinajstić information content (AvgIpc) is 2.74. The topological polar surface area (TPSA) is 101 Å². The number of rotatable bonds is 5. The molecular weight excluding hydrogens is 236 g/mol. The first-order valence-electron chi connectivity index (χ1n) is 5.74. The van der Waals surface area contributed by atoms with Crippen LogP contribution in [0.25, 0.3) is 11.0 Å². The minimum absolute atomic E-state index is 0.230. The van der Waals surface area contributed by atoms with Crippen molar-refractivity contribution in [2.75, 3.05) is 13.2 Å². The molecule has 2 aromatic heterocycles. The number of ether oxygens (including phenoxy) is 1. The lowest BCUT2D eigenvalue weighted by molar-refractivity contribution is 0.0526. The second kappa shape index (κ2) is 5.23. The molecule has 0 saturated heterocycles. The van der Waals surface area contributed by atoms with Crippen LogP contribution in [0, 0.1) is 0 Å². The molecule has 0 aliphatic heterocycles. The second-order valence-electron chi connectivity index (χ2n) is 3.90. The molecule has 8 heteroatoms. The van der Waals surface area contributed by atoms with E-state index in [1.807, 2.05) is 6.92 Å². The van der Waals surface area contributed by atoms with E-state index >= 15 is 0 Å². The quantitative estimate of drug-likeness (QED) is 0.724. The number of nitrogens with zero attached hydrogens (tertiary/aromatic N) is 5. The first-order chi connectivity index (χ1) is 8.67. The predicted octanol–water partition coefficient (Wildman–Crippen LogP) is -1.11. The van der Waals surface area contributed by atoms with E-state index in [4.69, 9.17) is 10.5 Å². The summed E-state index contributed by atoms with van der Waals surface area (Å²) < 4.78 is 8.17. The number of aryl methyl sites for hydroxylation is 1. The van der Waals surface area contributed by atoms with Crippen molar-refractivity contribution in [2.45, 2.75) is 19.6 Å². The fourth-order valence-corrected chi connectivity index (χ4v) is 1.72. The van der Waals surface area contributed by atoms with Crippen molar-refractivity contribution in [3.63, 3.8) is 0 Å². The minimum Gasteiger partial charge on any atom is -0.375 e. The first kappa shape index (κ1) is 12.7. The first-order valence-corrected chi connectivity index (χ1v) is 5.74. The maximum Gasteiger partial charge on any atom is 0.280 e. The third-order valence-corrected chi connectivity index (χ3v) is 2.66. The van der Waals surface area contributed by atoms with Gasteiger partial charge in [-0.1, -0.05) is 5.21 Å². The lowest BCUT2D eigenvalue weighted by atomic mass is 10.3. The van der Waals surface area contributed by atoms with Crippen LogP contribution in [-0.4, -0.2) is 44.0 Å². The molecule has 2 heterocycles. The van der Waals surface area contributed by atoms with Gasteiger partial charge in [-0.05, 0) is 6.92 Å². The summed E-state index contributed by atoms with van der Waals surface area (Å²) in [6.07, 6.45) is 1.25. The molecule has 8 nitrogen and oxygen atoms in total. The lowest BCUT2D eigenvalue weighted by Gasteiger charge is -2.14. The molecule has 2 N–H and O–H groups in total. The van der Waals surface area contributed by atoms with Gasteiger partial charge in [0, 0.05) is 20.2 Å². The molecule has 18 heavy (non-hydrogen) atoms. The summed E-state index contributed by atoms with van der Waals surface area (Å²) in [6.45, 7) is 3.04. The van der Waals surface area contributed by atoms with Crippen LogP contribution in [0.15, 0.2) is 11.0 Å². The fourth-order valence-electron chi connectivity index (χ4n) is 1.72. The van der Waals surface area contributed by atoms with E-state index in [0.717, 1.165) is 0 Å². The third kappa shape index (κ3) is 2.24. The predicted molar refractivity (Wildman–Crippen MR) is 65.0 cm³/mol. The molecule has 98 valence electrons. The highest BCUT2D eigenvalue weighted by Gasteiger charge is 2.13.